The number of halogens is 1. The molecule has 1 heterocycles. The second kappa shape index (κ2) is 9.60. The maximum atomic E-state index is 12.3. The van der Waals surface area contributed by atoms with E-state index in [2.05, 4.69) is 20.7 Å². The standard InChI is InChI=1S/C20H16BrNO7S2/c21-16-17(29-11-15(23)24)19(20(25)26)30-18(16)13-8-6-12(7-9-13)10-22-31(27,28)14-4-2-1-3-5-14/h1-9,22H,10-11H2,(H,23,24)(H,25,26). The van der Waals surface area contributed by atoms with Gasteiger partial charge in [-0.15, -0.1) is 11.3 Å². The molecule has 0 spiro atoms. The van der Waals surface area contributed by atoms with E-state index in [1.165, 1.54) is 12.1 Å². The Labute approximate surface area is 190 Å². The lowest BCUT2D eigenvalue weighted by Crippen LogP contribution is -2.23. The summed E-state index contributed by atoms with van der Waals surface area (Å²) in [6.07, 6.45) is 0. The van der Waals surface area contributed by atoms with Crippen LogP contribution in [-0.2, 0) is 21.4 Å². The van der Waals surface area contributed by atoms with Crippen molar-refractivity contribution in [2.75, 3.05) is 6.61 Å². The maximum absolute atomic E-state index is 12.3. The molecule has 0 saturated carbocycles. The van der Waals surface area contributed by atoms with Crippen LogP contribution in [0.5, 0.6) is 5.75 Å². The van der Waals surface area contributed by atoms with E-state index in [4.69, 9.17) is 9.84 Å². The quantitative estimate of drug-likeness (QED) is 0.387. The summed E-state index contributed by atoms with van der Waals surface area (Å²) >= 11 is 4.24. The van der Waals surface area contributed by atoms with Crippen LogP contribution in [-0.4, -0.2) is 37.2 Å². The highest BCUT2D eigenvalue weighted by molar-refractivity contribution is 9.10. The molecule has 3 aromatic rings. The number of carboxylic acids is 2. The van der Waals surface area contributed by atoms with E-state index in [9.17, 15) is 23.1 Å². The minimum Gasteiger partial charge on any atom is -0.479 e. The fourth-order valence-corrected chi connectivity index (χ4v) is 5.56. The highest BCUT2D eigenvalue weighted by Crippen LogP contribution is 2.45. The molecule has 0 saturated heterocycles. The summed E-state index contributed by atoms with van der Waals surface area (Å²) < 4.78 is 32.7. The van der Waals surface area contributed by atoms with Gasteiger partial charge in [0.2, 0.25) is 10.0 Å². The molecule has 3 rings (SSSR count). The highest BCUT2D eigenvalue weighted by atomic mass is 79.9. The van der Waals surface area contributed by atoms with E-state index in [1.807, 2.05) is 0 Å². The summed E-state index contributed by atoms with van der Waals surface area (Å²) in [7, 11) is -3.64. The van der Waals surface area contributed by atoms with Crippen molar-refractivity contribution in [3.05, 3.63) is 69.5 Å². The molecular formula is C20H16BrNO7S2. The van der Waals surface area contributed by atoms with Crippen molar-refractivity contribution >= 4 is 49.2 Å². The van der Waals surface area contributed by atoms with E-state index < -0.39 is 28.6 Å². The predicted molar refractivity (Wildman–Crippen MR) is 118 cm³/mol. The van der Waals surface area contributed by atoms with Crippen LogP contribution in [0.15, 0.2) is 64.0 Å². The van der Waals surface area contributed by atoms with E-state index in [1.54, 1.807) is 42.5 Å². The third-order valence-corrected chi connectivity index (χ3v) is 7.72. The number of nitrogens with one attached hydrogen (secondary N) is 1. The summed E-state index contributed by atoms with van der Waals surface area (Å²) in [5.41, 5.74) is 1.37. The fraction of sp³-hybridized carbons (Fsp3) is 0.100. The molecule has 8 nitrogen and oxygen atoms in total. The van der Waals surface area contributed by atoms with Gasteiger partial charge in [-0.2, -0.15) is 0 Å². The number of hydrogen-bond acceptors (Lipinski definition) is 6. The molecule has 0 atom stereocenters. The van der Waals surface area contributed by atoms with Gasteiger partial charge in [0.25, 0.3) is 0 Å². The molecule has 0 aliphatic carbocycles. The van der Waals surface area contributed by atoms with Gasteiger partial charge >= 0.3 is 11.9 Å². The Hall–Kier alpha value is -2.73. The van der Waals surface area contributed by atoms with Gasteiger partial charge in [-0.05, 0) is 39.2 Å². The molecule has 1 aromatic heterocycles. The molecule has 0 fully saturated rings. The average molecular weight is 526 g/mol. The zero-order valence-corrected chi connectivity index (χ0v) is 19.0. The monoisotopic (exact) mass is 525 g/mol. The lowest BCUT2D eigenvalue weighted by molar-refractivity contribution is -0.139. The zero-order chi connectivity index (χ0) is 22.6. The molecule has 11 heteroatoms. The van der Waals surface area contributed by atoms with E-state index in [0.717, 1.165) is 11.3 Å². The molecule has 3 N–H and O–H groups in total. The number of rotatable bonds is 9. The van der Waals surface area contributed by atoms with Gasteiger partial charge < -0.3 is 14.9 Å². The molecule has 31 heavy (non-hydrogen) atoms. The third kappa shape index (κ3) is 5.50. The number of sulfonamides is 1. The number of aliphatic carboxylic acids is 1. The Kier molecular flexibility index (Phi) is 7.11. The number of carbonyl (C=O) groups is 2. The van der Waals surface area contributed by atoms with Gasteiger partial charge in [-0.1, -0.05) is 42.5 Å². The van der Waals surface area contributed by atoms with Crippen LogP contribution in [0.25, 0.3) is 10.4 Å². The second-order valence-corrected chi connectivity index (χ2v) is 9.81. The van der Waals surface area contributed by atoms with Crippen molar-refractivity contribution in [1.29, 1.82) is 0 Å². The Morgan fingerprint density at radius 2 is 1.68 bits per heavy atom. The normalized spacial score (nSPS) is 11.3. The molecule has 0 radical (unpaired) electrons. The van der Waals surface area contributed by atoms with Gasteiger partial charge in [-0.25, -0.2) is 22.7 Å². The van der Waals surface area contributed by atoms with Crippen molar-refractivity contribution in [1.82, 2.24) is 4.72 Å². The summed E-state index contributed by atoms with van der Waals surface area (Å²) in [6, 6.07) is 14.9. The summed E-state index contributed by atoms with van der Waals surface area (Å²) in [5.74, 6) is -2.50. The Bertz CT molecular complexity index is 1210. The zero-order valence-electron chi connectivity index (χ0n) is 15.7. The average Bonchev–Trinajstić information content (AvgIpc) is 3.08. The molecule has 0 amide bonds. The van der Waals surface area contributed by atoms with Crippen molar-refractivity contribution < 1.29 is 33.0 Å². The van der Waals surface area contributed by atoms with Crippen LogP contribution >= 0.6 is 27.3 Å². The van der Waals surface area contributed by atoms with Crippen LogP contribution in [0.4, 0.5) is 0 Å². The first-order chi connectivity index (χ1) is 14.7. The van der Waals surface area contributed by atoms with E-state index >= 15 is 0 Å². The smallest absolute Gasteiger partial charge is 0.349 e. The molecule has 0 unspecified atom stereocenters. The minimum atomic E-state index is -3.64. The maximum Gasteiger partial charge on any atom is 0.349 e. The fourth-order valence-electron chi connectivity index (χ4n) is 2.62. The lowest BCUT2D eigenvalue weighted by Gasteiger charge is -2.08. The first kappa shape index (κ1) is 22.9. The minimum absolute atomic E-state index is 0.0467. The van der Waals surface area contributed by atoms with E-state index in [0.29, 0.717) is 20.5 Å². The first-order valence-electron chi connectivity index (χ1n) is 8.73. The first-order valence-corrected chi connectivity index (χ1v) is 11.8. The Morgan fingerprint density at radius 1 is 1.03 bits per heavy atom. The van der Waals surface area contributed by atoms with Crippen LogP contribution in [0.2, 0.25) is 0 Å². The third-order valence-electron chi connectivity index (χ3n) is 4.08. The number of aromatic carboxylic acids is 1. The van der Waals surface area contributed by atoms with Crippen molar-refractivity contribution in [3.63, 3.8) is 0 Å². The van der Waals surface area contributed by atoms with Crippen molar-refractivity contribution in [3.8, 4) is 16.2 Å². The van der Waals surface area contributed by atoms with Gasteiger partial charge in [0.1, 0.15) is 0 Å². The van der Waals surface area contributed by atoms with Crippen LogP contribution in [0.3, 0.4) is 0 Å². The molecule has 162 valence electrons. The SMILES string of the molecule is O=C(O)COc1c(C(=O)O)sc(-c2ccc(CNS(=O)(=O)c3ccccc3)cc2)c1Br. The van der Waals surface area contributed by atoms with Gasteiger partial charge in [0.15, 0.2) is 17.2 Å². The molecule has 0 aliphatic rings. The van der Waals surface area contributed by atoms with Gasteiger partial charge in [0.05, 0.1) is 14.2 Å². The number of ether oxygens (including phenoxy) is 1. The second-order valence-electron chi connectivity index (χ2n) is 6.23. The van der Waals surface area contributed by atoms with Gasteiger partial charge in [0, 0.05) is 6.54 Å². The van der Waals surface area contributed by atoms with E-state index in [-0.39, 0.29) is 22.1 Å². The van der Waals surface area contributed by atoms with Crippen LogP contribution in [0.1, 0.15) is 15.2 Å². The Morgan fingerprint density at radius 3 is 2.26 bits per heavy atom. The highest BCUT2D eigenvalue weighted by Gasteiger charge is 2.24. The van der Waals surface area contributed by atoms with Crippen LogP contribution in [0, 0.1) is 0 Å². The predicted octanol–water partition coefficient (Wildman–Crippen LogP) is 3.82. The molecular weight excluding hydrogens is 510 g/mol. The number of carboxylic acid groups (broad SMARTS) is 2. The summed E-state index contributed by atoms with van der Waals surface area (Å²) in [4.78, 5) is 22.9. The molecule has 0 bridgehead atoms. The molecule has 2 aromatic carbocycles. The van der Waals surface area contributed by atoms with Gasteiger partial charge in [-0.3, -0.25) is 0 Å². The molecule has 0 aliphatic heterocycles. The van der Waals surface area contributed by atoms with Crippen LogP contribution < -0.4 is 9.46 Å². The topological polar surface area (TPSA) is 130 Å². The largest absolute Gasteiger partial charge is 0.479 e. The summed E-state index contributed by atoms with van der Waals surface area (Å²) in [6.45, 7) is -0.591. The number of hydrogen-bond donors (Lipinski definition) is 3. The van der Waals surface area contributed by atoms with Crippen molar-refractivity contribution in [2.24, 2.45) is 0 Å². The number of thiophene rings is 1. The summed E-state index contributed by atoms with van der Waals surface area (Å²) in [5, 5.41) is 18.2. The lowest BCUT2D eigenvalue weighted by atomic mass is 10.1. The van der Waals surface area contributed by atoms with Crippen molar-refractivity contribution in [2.45, 2.75) is 11.4 Å². The number of benzene rings is 2. The Balaban J connectivity index is 1.79.